The van der Waals surface area contributed by atoms with Crippen molar-refractivity contribution in [2.24, 2.45) is 0 Å². The quantitative estimate of drug-likeness (QED) is 0.746. The van der Waals surface area contributed by atoms with Gasteiger partial charge in [-0.25, -0.2) is 0 Å². The Bertz CT molecular complexity index is 533. The fourth-order valence-electron chi connectivity index (χ4n) is 1.23. The molecule has 1 heterocycles. The van der Waals surface area contributed by atoms with E-state index in [1.54, 1.807) is 18.2 Å². The number of benzene rings is 1. The molecular formula is C10H6BrClO2. The van der Waals surface area contributed by atoms with Gasteiger partial charge in [-0.05, 0) is 18.2 Å². The summed E-state index contributed by atoms with van der Waals surface area (Å²) < 4.78 is 6.16. The zero-order chi connectivity index (χ0) is 10.1. The molecule has 2 aromatic rings. The zero-order valence-electron chi connectivity index (χ0n) is 7.09. The van der Waals surface area contributed by atoms with Gasteiger partial charge in [-0.1, -0.05) is 15.9 Å². The maximum atomic E-state index is 11.7. The molecule has 0 fully saturated rings. The normalized spacial score (nSPS) is 10.7. The second-order valence-corrected chi connectivity index (χ2v) is 4.05. The highest BCUT2D eigenvalue weighted by molar-refractivity contribution is 9.10. The Labute approximate surface area is 93.6 Å². The predicted octanol–water partition coefficient (Wildman–Crippen LogP) is 3.29. The number of halogens is 2. The van der Waals surface area contributed by atoms with Gasteiger partial charge in [0.1, 0.15) is 5.58 Å². The Balaban J connectivity index is 2.84. The van der Waals surface area contributed by atoms with Gasteiger partial charge in [0.05, 0.1) is 23.1 Å². The van der Waals surface area contributed by atoms with E-state index >= 15 is 0 Å². The summed E-state index contributed by atoms with van der Waals surface area (Å²) in [6.07, 6.45) is 1.41. The molecule has 72 valence electrons. The minimum absolute atomic E-state index is 0.0613. The first-order valence-corrected chi connectivity index (χ1v) is 5.31. The molecule has 0 aliphatic carbocycles. The van der Waals surface area contributed by atoms with Crippen LogP contribution in [0.15, 0.2) is 38.1 Å². The molecule has 0 aliphatic rings. The molecule has 0 N–H and O–H groups in total. The van der Waals surface area contributed by atoms with Crippen LogP contribution in [0.2, 0.25) is 0 Å². The molecule has 4 heteroatoms. The lowest BCUT2D eigenvalue weighted by molar-refractivity contribution is 0.596. The van der Waals surface area contributed by atoms with Crippen LogP contribution in [0, 0.1) is 0 Å². The average Bonchev–Trinajstić information content (AvgIpc) is 2.18. The van der Waals surface area contributed by atoms with E-state index in [0.29, 0.717) is 16.5 Å². The van der Waals surface area contributed by atoms with Crippen molar-refractivity contribution in [3.8, 4) is 0 Å². The second-order valence-electron chi connectivity index (χ2n) is 2.86. The molecule has 0 saturated heterocycles. The molecule has 0 atom stereocenters. The highest BCUT2D eigenvalue weighted by Crippen LogP contribution is 2.18. The molecule has 0 bridgehead atoms. The smallest absolute Gasteiger partial charge is 0.197 e. The fourth-order valence-corrected chi connectivity index (χ4v) is 1.76. The third-order valence-electron chi connectivity index (χ3n) is 1.95. The first-order valence-electron chi connectivity index (χ1n) is 3.98. The third kappa shape index (κ3) is 1.57. The predicted molar refractivity (Wildman–Crippen MR) is 59.7 cm³/mol. The van der Waals surface area contributed by atoms with Crippen molar-refractivity contribution in [1.29, 1.82) is 0 Å². The number of fused-ring (bicyclic) bond motifs is 1. The van der Waals surface area contributed by atoms with E-state index in [1.807, 2.05) is 0 Å². The van der Waals surface area contributed by atoms with Crippen molar-refractivity contribution < 1.29 is 4.42 Å². The van der Waals surface area contributed by atoms with Gasteiger partial charge in [-0.3, -0.25) is 4.79 Å². The van der Waals surface area contributed by atoms with Crippen LogP contribution in [0.4, 0.5) is 0 Å². The van der Waals surface area contributed by atoms with Crippen LogP contribution in [0.3, 0.4) is 0 Å². The monoisotopic (exact) mass is 272 g/mol. The van der Waals surface area contributed by atoms with Crippen LogP contribution in [0.25, 0.3) is 11.0 Å². The molecule has 14 heavy (non-hydrogen) atoms. The van der Waals surface area contributed by atoms with E-state index in [4.69, 9.17) is 16.0 Å². The lowest BCUT2D eigenvalue weighted by atomic mass is 10.2. The Hall–Kier alpha value is -0.800. The highest BCUT2D eigenvalue weighted by Gasteiger charge is 2.05. The number of alkyl halides is 1. The zero-order valence-corrected chi connectivity index (χ0v) is 9.43. The van der Waals surface area contributed by atoms with Crippen molar-refractivity contribution >= 4 is 38.5 Å². The lowest BCUT2D eigenvalue weighted by Gasteiger charge is -1.99. The van der Waals surface area contributed by atoms with E-state index < -0.39 is 0 Å². The molecule has 0 aliphatic heterocycles. The van der Waals surface area contributed by atoms with Crippen LogP contribution in [-0.4, -0.2) is 0 Å². The van der Waals surface area contributed by atoms with Crippen LogP contribution in [-0.2, 0) is 5.88 Å². The number of rotatable bonds is 1. The van der Waals surface area contributed by atoms with Gasteiger partial charge in [-0.15, -0.1) is 11.6 Å². The first-order chi connectivity index (χ1) is 6.72. The number of hydrogen-bond acceptors (Lipinski definition) is 2. The van der Waals surface area contributed by atoms with Gasteiger partial charge in [0.25, 0.3) is 0 Å². The molecule has 1 aromatic heterocycles. The highest BCUT2D eigenvalue weighted by atomic mass is 79.9. The summed E-state index contributed by atoms with van der Waals surface area (Å²) >= 11 is 8.90. The SMILES string of the molecule is O=c1c(CCl)coc2cc(Br)ccc12. The van der Waals surface area contributed by atoms with Crippen molar-refractivity contribution in [2.75, 3.05) is 0 Å². The molecule has 0 amide bonds. The standard InChI is InChI=1S/C10H6BrClO2/c11-7-1-2-8-9(3-7)14-5-6(4-12)10(8)13/h1-3,5H,4H2. The Morgan fingerprint density at radius 2 is 2.21 bits per heavy atom. The summed E-state index contributed by atoms with van der Waals surface area (Å²) in [7, 11) is 0. The van der Waals surface area contributed by atoms with E-state index in [9.17, 15) is 4.79 Å². The topological polar surface area (TPSA) is 30.2 Å². The van der Waals surface area contributed by atoms with Gasteiger partial charge in [-0.2, -0.15) is 0 Å². The minimum atomic E-state index is -0.0613. The van der Waals surface area contributed by atoms with Crippen molar-refractivity contribution in [3.63, 3.8) is 0 Å². The molecule has 0 saturated carbocycles. The third-order valence-corrected chi connectivity index (χ3v) is 2.73. The van der Waals surface area contributed by atoms with Gasteiger partial charge in [0, 0.05) is 4.47 Å². The van der Waals surface area contributed by atoms with Crippen molar-refractivity contribution in [1.82, 2.24) is 0 Å². The van der Waals surface area contributed by atoms with Crippen LogP contribution in [0.1, 0.15) is 5.56 Å². The molecule has 0 spiro atoms. The molecule has 2 nitrogen and oxygen atoms in total. The van der Waals surface area contributed by atoms with Gasteiger partial charge in [0.2, 0.25) is 0 Å². The second kappa shape index (κ2) is 3.75. The van der Waals surface area contributed by atoms with E-state index in [1.165, 1.54) is 6.26 Å². The Kier molecular flexibility index (Phi) is 2.61. The van der Waals surface area contributed by atoms with Gasteiger partial charge < -0.3 is 4.42 Å². The lowest BCUT2D eigenvalue weighted by Crippen LogP contribution is -2.06. The number of hydrogen-bond donors (Lipinski definition) is 0. The maximum absolute atomic E-state index is 11.7. The molecule has 1 aromatic carbocycles. The summed E-state index contributed by atoms with van der Waals surface area (Å²) in [5.41, 5.74) is 0.994. The summed E-state index contributed by atoms with van der Waals surface area (Å²) in [5, 5.41) is 0.561. The summed E-state index contributed by atoms with van der Waals surface area (Å²) in [5.74, 6) is 0.175. The Morgan fingerprint density at radius 3 is 2.93 bits per heavy atom. The molecule has 0 unspecified atom stereocenters. The van der Waals surface area contributed by atoms with Crippen LogP contribution < -0.4 is 5.43 Å². The molecule has 2 rings (SSSR count). The van der Waals surface area contributed by atoms with Crippen LogP contribution in [0.5, 0.6) is 0 Å². The van der Waals surface area contributed by atoms with Crippen LogP contribution >= 0.6 is 27.5 Å². The summed E-state index contributed by atoms with van der Waals surface area (Å²) in [6, 6.07) is 5.29. The van der Waals surface area contributed by atoms with Crippen molar-refractivity contribution in [2.45, 2.75) is 5.88 Å². The van der Waals surface area contributed by atoms with Crippen molar-refractivity contribution in [3.05, 3.63) is 44.7 Å². The first kappa shape index (κ1) is 9.74. The van der Waals surface area contributed by atoms with E-state index in [2.05, 4.69) is 15.9 Å². The Morgan fingerprint density at radius 1 is 1.43 bits per heavy atom. The largest absolute Gasteiger partial charge is 0.464 e. The summed E-state index contributed by atoms with van der Waals surface area (Å²) in [6.45, 7) is 0. The average molecular weight is 274 g/mol. The molecule has 0 radical (unpaired) electrons. The van der Waals surface area contributed by atoms with Gasteiger partial charge in [0.15, 0.2) is 5.43 Å². The maximum Gasteiger partial charge on any atom is 0.197 e. The van der Waals surface area contributed by atoms with E-state index in [-0.39, 0.29) is 11.3 Å². The van der Waals surface area contributed by atoms with E-state index in [0.717, 1.165) is 4.47 Å². The van der Waals surface area contributed by atoms with Gasteiger partial charge >= 0.3 is 0 Å². The minimum Gasteiger partial charge on any atom is -0.464 e. The molecular weight excluding hydrogens is 267 g/mol. The fraction of sp³-hybridized carbons (Fsp3) is 0.100. The summed E-state index contributed by atoms with van der Waals surface area (Å²) in [4.78, 5) is 11.7.